The summed E-state index contributed by atoms with van der Waals surface area (Å²) in [6.07, 6.45) is 6.87. The highest BCUT2D eigenvalue weighted by molar-refractivity contribution is 5.94. The van der Waals surface area contributed by atoms with E-state index < -0.39 is 0 Å². The molecule has 0 aliphatic carbocycles. The Hall–Kier alpha value is -4.16. The Labute approximate surface area is 260 Å². The lowest BCUT2D eigenvalue weighted by molar-refractivity contribution is -0.128. The summed E-state index contributed by atoms with van der Waals surface area (Å²) >= 11 is 0. The Balaban J connectivity index is 1.30. The zero-order chi connectivity index (χ0) is 30.5. The predicted molar refractivity (Wildman–Crippen MR) is 175 cm³/mol. The first-order chi connectivity index (χ1) is 21.6. The van der Waals surface area contributed by atoms with Gasteiger partial charge >= 0.3 is 6.01 Å². The number of carbonyl (C=O) groups is 1. The fourth-order valence-electron chi connectivity index (χ4n) is 7.03. The first-order valence-corrected chi connectivity index (χ1v) is 16.1. The molecule has 9 nitrogen and oxygen atoms in total. The van der Waals surface area contributed by atoms with Gasteiger partial charge in [0.15, 0.2) is 0 Å². The standard InChI is InChI=1S/C35H43N7O2/c1-4-6-17-39-18-10-13-27(39)25-44-35-37-31-24-40(32-15-9-12-26-11-7-8-14-29(26)32)19-16-30(31)34(38-35)41-20-21-42(33(43)5-2)28(23-41)22-36-3/h5,7-9,11-12,14-15,27-28H,2,4,6,10,13,16-25H2,1H3/t27-,28?/m0/s1. The van der Waals surface area contributed by atoms with Crippen LogP contribution < -0.4 is 14.5 Å². The van der Waals surface area contributed by atoms with Crippen molar-refractivity contribution in [2.75, 3.05) is 62.2 Å². The molecule has 9 heteroatoms. The van der Waals surface area contributed by atoms with Crippen LogP contribution in [0.15, 0.2) is 55.1 Å². The van der Waals surface area contributed by atoms with Gasteiger partial charge in [-0.25, -0.2) is 6.57 Å². The number of carbonyl (C=O) groups excluding carboxylic acids is 1. The molecule has 3 aliphatic heterocycles. The lowest BCUT2D eigenvalue weighted by atomic mass is 10.0. The van der Waals surface area contributed by atoms with Crippen LogP contribution in [0.3, 0.4) is 0 Å². The Kier molecular flexibility index (Phi) is 9.27. The maximum atomic E-state index is 12.6. The Bertz CT molecular complexity index is 1530. The van der Waals surface area contributed by atoms with E-state index in [1.165, 1.54) is 41.8 Å². The van der Waals surface area contributed by atoms with Crippen molar-refractivity contribution >= 4 is 28.2 Å². The number of hydrogen-bond acceptors (Lipinski definition) is 7. The number of hydrogen-bond donors (Lipinski definition) is 0. The summed E-state index contributed by atoms with van der Waals surface area (Å²) < 4.78 is 6.42. The third-order valence-electron chi connectivity index (χ3n) is 9.37. The summed E-state index contributed by atoms with van der Waals surface area (Å²) in [6, 6.07) is 15.6. The quantitative estimate of drug-likeness (QED) is 0.243. The van der Waals surface area contributed by atoms with Crippen LogP contribution in [0.1, 0.15) is 43.9 Å². The Morgan fingerprint density at radius 2 is 1.95 bits per heavy atom. The van der Waals surface area contributed by atoms with Crippen molar-refractivity contribution in [3.63, 3.8) is 0 Å². The van der Waals surface area contributed by atoms with Gasteiger partial charge in [-0.05, 0) is 56.3 Å². The molecule has 0 radical (unpaired) electrons. The van der Waals surface area contributed by atoms with Gasteiger partial charge in [-0.15, -0.1) is 0 Å². The van der Waals surface area contributed by atoms with Crippen molar-refractivity contribution in [3.8, 4) is 6.01 Å². The summed E-state index contributed by atoms with van der Waals surface area (Å²) in [4.78, 5) is 35.3. The predicted octanol–water partition coefficient (Wildman–Crippen LogP) is 4.96. The molecule has 230 valence electrons. The molecular formula is C35H43N7O2. The zero-order valence-electron chi connectivity index (χ0n) is 25.8. The van der Waals surface area contributed by atoms with E-state index in [-0.39, 0.29) is 18.5 Å². The maximum Gasteiger partial charge on any atom is 0.318 e. The van der Waals surface area contributed by atoms with Crippen molar-refractivity contribution in [2.24, 2.45) is 0 Å². The van der Waals surface area contributed by atoms with Crippen molar-refractivity contribution in [1.29, 1.82) is 0 Å². The zero-order valence-corrected chi connectivity index (χ0v) is 25.8. The summed E-state index contributed by atoms with van der Waals surface area (Å²) in [7, 11) is 0. The average Bonchev–Trinajstić information content (AvgIpc) is 3.52. The minimum Gasteiger partial charge on any atom is -0.462 e. The molecule has 44 heavy (non-hydrogen) atoms. The second-order valence-electron chi connectivity index (χ2n) is 12.1. The second kappa shape index (κ2) is 13.6. The molecule has 3 aliphatic rings. The summed E-state index contributed by atoms with van der Waals surface area (Å²) in [5.41, 5.74) is 3.34. The average molecular weight is 594 g/mol. The molecule has 4 heterocycles. The highest BCUT2D eigenvalue weighted by Gasteiger charge is 2.35. The summed E-state index contributed by atoms with van der Waals surface area (Å²) in [5.74, 6) is 0.763. The molecule has 2 saturated heterocycles. The van der Waals surface area contributed by atoms with Crippen LogP contribution in [-0.2, 0) is 17.8 Å². The van der Waals surface area contributed by atoms with E-state index in [4.69, 9.17) is 21.3 Å². The normalized spacial score (nSPS) is 20.4. The number of ether oxygens (including phenoxy) is 1. The fraction of sp³-hybridized carbons (Fsp3) is 0.486. The smallest absolute Gasteiger partial charge is 0.318 e. The van der Waals surface area contributed by atoms with Gasteiger partial charge in [-0.2, -0.15) is 9.97 Å². The molecule has 3 aromatic rings. The van der Waals surface area contributed by atoms with Gasteiger partial charge in [0.1, 0.15) is 18.5 Å². The number of anilines is 2. The number of nitrogens with zero attached hydrogens (tertiary/aromatic N) is 7. The number of fused-ring (bicyclic) bond motifs is 2. The molecule has 2 aromatic carbocycles. The van der Waals surface area contributed by atoms with Gasteiger partial charge in [0.2, 0.25) is 12.5 Å². The van der Waals surface area contributed by atoms with Crippen LogP contribution in [0.25, 0.3) is 15.6 Å². The third kappa shape index (κ3) is 6.22. The number of amides is 1. The molecule has 0 N–H and O–H groups in total. The second-order valence-corrected chi connectivity index (χ2v) is 12.1. The minimum absolute atomic E-state index is 0.123. The first kappa shape index (κ1) is 29.9. The van der Waals surface area contributed by atoms with Crippen LogP contribution in [0.4, 0.5) is 11.5 Å². The van der Waals surface area contributed by atoms with Crippen LogP contribution in [0, 0.1) is 6.57 Å². The number of piperazine rings is 1. The summed E-state index contributed by atoms with van der Waals surface area (Å²) in [6.45, 7) is 19.7. The number of unbranched alkanes of at least 4 members (excludes halogenated alkanes) is 1. The van der Waals surface area contributed by atoms with Crippen molar-refractivity contribution in [3.05, 3.63) is 77.8 Å². The molecule has 2 fully saturated rings. The van der Waals surface area contributed by atoms with E-state index in [2.05, 4.69) is 75.5 Å². The fourth-order valence-corrected chi connectivity index (χ4v) is 7.03. The van der Waals surface area contributed by atoms with Gasteiger partial charge in [0.25, 0.3) is 0 Å². The van der Waals surface area contributed by atoms with Gasteiger partial charge in [0, 0.05) is 48.9 Å². The van der Waals surface area contributed by atoms with E-state index in [1.54, 1.807) is 4.90 Å². The molecule has 1 unspecified atom stereocenters. The molecule has 0 saturated carbocycles. The van der Waals surface area contributed by atoms with E-state index in [9.17, 15) is 4.79 Å². The molecule has 6 rings (SSSR count). The minimum atomic E-state index is -0.219. The monoisotopic (exact) mass is 593 g/mol. The molecule has 0 spiro atoms. The number of rotatable bonds is 10. The van der Waals surface area contributed by atoms with Crippen LogP contribution in [-0.4, -0.2) is 90.2 Å². The highest BCUT2D eigenvalue weighted by atomic mass is 16.5. The van der Waals surface area contributed by atoms with E-state index in [0.29, 0.717) is 44.8 Å². The molecule has 1 amide bonds. The van der Waals surface area contributed by atoms with Crippen LogP contribution in [0.5, 0.6) is 6.01 Å². The van der Waals surface area contributed by atoms with Crippen LogP contribution in [0.2, 0.25) is 0 Å². The van der Waals surface area contributed by atoms with Crippen molar-refractivity contribution in [2.45, 2.75) is 57.7 Å². The van der Waals surface area contributed by atoms with Gasteiger partial charge in [-0.1, -0.05) is 56.3 Å². The third-order valence-corrected chi connectivity index (χ3v) is 9.37. The van der Waals surface area contributed by atoms with Gasteiger partial charge < -0.3 is 24.3 Å². The molecule has 1 aromatic heterocycles. The largest absolute Gasteiger partial charge is 0.462 e. The first-order valence-electron chi connectivity index (χ1n) is 16.1. The van der Waals surface area contributed by atoms with Gasteiger partial charge in [-0.3, -0.25) is 9.69 Å². The van der Waals surface area contributed by atoms with Crippen LogP contribution >= 0.6 is 0 Å². The van der Waals surface area contributed by atoms with E-state index in [1.807, 2.05) is 0 Å². The van der Waals surface area contributed by atoms with Gasteiger partial charge in [0.05, 0.1) is 12.2 Å². The number of benzene rings is 2. The van der Waals surface area contributed by atoms with Crippen molar-refractivity contribution < 1.29 is 9.53 Å². The SMILES string of the molecule is [C-]#[N+]CC1CN(c2nc(OC[C@@H]3CCCN3CCCC)nc3c2CCN(c2cccc4ccccc24)C3)CCN1C(=O)C=C. The molecule has 0 bridgehead atoms. The van der Waals surface area contributed by atoms with Crippen molar-refractivity contribution in [1.82, 2.24) is 19.8 Å². The lowest BCUT2D eigenvalue weighted by Gasteiger charge is -2.41. The highest BCUT2D eigenvalue weighted by Crippen LogP contribution is 2.35. The van der Waals surface area contributed by atoms with E-state index in [0.717, 1.165) is 49.6 Å². The molecular weight excluding hydrogens is 550 g/mol. The number of likely N-dealkylation sites (tertiary alicyclic amines) is 1. The molecule has 2 atom stereocenters. The summed E-state index contributed by atoms with van der Waals surface area (Å²) in [5, 5.41) is 2.47. The Morgan fingerprint density at radius 1 is 1.09 bits per heavy atom. The Morgan fingerprint density at radius 3 is 2.80 bits per heavy atom. The van der Waals surface area contributed by atoms with E-state index >= 15 is 0 Å². The number of aromatic nitrogens is 2. The topological polar surface area (TPSA) is 69.4 Å². The lowest BCUT2D eigenvalue weighted by Crippen LogP contribution is -2.56. The maximum absolute atomic E-state index is 12.6.